The van der Waals surface area contributed by atoms with Gasteiger partial charge in [0.1, 0.15) is 0 Å². The summed E-state index contributed by atoms with van der Waals surface area (Å²) in [5.74, 6) is 0.0284. The Bertz CT molecular complexity index is 641. The number of pyridine rings is 1. The van der Waals surface area contributed by atoms with Gasteiger partial charge in [0.2, 0.25) is 0 Å². The highest BCUT2D eigenvalue weighted by Crippen LogP contribution is 2.47. The molecule has 3 nitrogen and oxygen atoms in total. The minimum atomic E-state index is -0.117. The highest BCUT2D eigenvalue weighted by atomic mass is 35.5. The SMILES string of the molecule is CCOC(=O)C1CC1c1ccc2cccc(Cl)c2n1. The van der Waals surface area contributed by atoms with E-state index < -0.39 is 0 Å². The van der Waals surface area contributed by atoms with Crippen molar-refractivity contribution in [2.75, 3.05) is 6.61 Å². The van der Waals surface area contributed by atoms with Gasteiger partial charge in [0.05, 0.1) is 23.1 Å². The first-order valence-electron chi connectivity index (χ1n) is 6.42. The summed E-state index contributed by atoms with van der Waals surface area (Å²) in [5.41, 5.74) is 1.73. The van der Waals surface area contributed by atoms with Crippen molar-refractivity contribution in [3.63, 3.8) is 0 Å². The molecule has 2 atom stereocenters. The van der Waals surface area contributed by atoms with Crippen LogP contribution < -0.4 is 0 Å². The second-order valence-corrected chi connectivity index (χ2v) is 5.16. The Morgan fingerprint density at radius 1 is 1.42 bits per heavy atom. The quantitative estimate of drug-likeness (QED) is 0.804. The van der Waals surface area contributed by atoms with E-state index in [4.69, 9.17) is 16.3 Å². The van der Waals surface area contributed by atoms with Crippen LogP contribution in [0.2, 0.25) is 5.02 Å². The van der Waals surface area contributed by atoms with Gasteiger partial charge in [-0.3, -0.25) is 9.78 Å². The fourth-order valence-corrected chi connectivity index (χ4v) is 2.59. The third-order valence-electron chi connectivity index (χ3n) is 3.45. The monoisotopic (exact) mass is 275 g/mol. The zero-order valence-corrected chi connectivity index (χ0v) is 11.4. The van der Waals surface area contributed by atoms with Crippen molar-refractivity contribution < 1.29 is 9.53 Å². The summed E-state index contributed by atoms with van der Waals surface area (Å²) in [6.45, 7) is 2.25. The summed E-state index contributed by atoms with van der Waals surface area (Å²) in [4.78, 5) is 16.2. The Kier molecular flexibility index (Phi) is 3.15. The van der Waals surface area contributed by atoms with Crippen LogP contribution in [-0.2, 0) is 9.53 Å². The molecule has 2 aromatic rings. The zero-order chi connectivity index (χ0) is 13.4. The van der Waals surface area contributed by atoms with E-state index in [0.717, 1.165) is 23.0 Å². The molecule has 2 unspecified atom stereocenters. The first-order chi connectivity index (χ1) is 9.20. The lowest BCUT2D eigenvalue weighted by Gasteiger charge is -2.04. The maximum absolute atomic E-state index is 11.6. The average molecular weight is 276 g/mol. The summed E-state index contributed by atoms with van der Waals surface area (Å²) in [6, 6.07) is 9.70. The van der Waals surface area contributed by atoms with E-state index in [1.54, 1.807) is 0 Å². The number of benzene rings is 1. The Morgan fingerprint density at radius 3 is 3.05 bits per heavy atom. The number of nitrogens with zero attached hydrogens (tertiary/aromatic N) is 1. The molecule has 3 rings (SSSR count). The maximum atomic E-state index is 11.6. The number of hydrogen-bond donors (Lipinski definition) is 0. The van der Waals surface area contributed by atoms with Gasteiger partial charge in [0.15, 0.2) is 0 Å². The Labute approximate surface area is 116 Å². The predicted octanol–water partition coefficient (Wildman–Crippen LogP) is 3.55. The van der Waals surface area contributed by atoms with Crippen LogP contribution in [0.4, 0.5) is 0 Å². The molecule has 0 aliphatic heterocycles. The normalized spacial score (nSPS) is 21.4. The van der Waals surface area contributed by atoms with Gasteiger partial charge in [-0.1, -0.05) is 29.8 Å². The van der Waals surface area contributed by atoms with Gasteiger partial charge in [-0.2, -0.15) is 0 Å². The number of carbonyl (C=O) groups excluding carboxylic acids is 1. The number of para-hydroxylation sites is 1. The van der Waals surface area contributed by atoms with E-state index in [9.17, 15) is 4.79 Å². The molecule has 1 saturated carbocycles. The average Bonchev–Trinajstić information content (AvgIpc) is 3.19. The first-order valence-corrected chi connectivity index (χ1v) is 6.80. The molecule has 98 valence electrons. The minimum absolute atomic E-state index is 0.0348. The van der Waals surface area contributed by atoms with Crippen molar-refractivity contribution in [3.8, 4) is 0 Å². The summed E-state index contributed by atoms with van der Waals surface area (Å²) >= 11 is 6.15. The molecule has 1 aromatic carbocycles. The minimum Gasteiger partial charge on any atom is -0.466 e. The lowest BCUT2D eigenvalue weighted by molar-refractivity contribution is -0.144. The van der Waals surface area contributed by atoms with E-state index in [2.05, 4.69) is 4.98 Å². The molecule has 0 saturated heterocycles. The highest BCUT2D eigenvalue weighted by molar-refractivity contribution is 6.35. The van der Waals surface area contributed by atoms with Gasteiger partial charge in [0, 0.05) is 17.0 Å². The van der Waals surface area contributed by atoms with Gasteiger partial charge in [-0.15, -0.1) is 0 Å². The molecule has 4 heteroatoms. The summed E-state index contributed by atoms with van der Waals surface area (Å²) in [7, 11) is 0. The number of carbonyl (C=O) groups is 1. The van der Waals surface area contributed by atoms with Crippen molar-refractivity contribution >= 4 is 28.5 Å². The van der Waals surface area contributed by atoms with Gasteiger partial charge >= 0.3 is 5.97 Å². The van der Waals surface area contributed by atoms with Gasteiger partial charge in [-0.25, -0.2) is 0 Å². The third kappa shape index (κ3) is 2.30. The molecule has 19 heavy (non-hydrogen) atoms. The smallest absolute Gasteiger partial charge is 0.309 e. The largest absolute Gasteiger partial charge is 0.466 e. The summed E-state index contributed by atoms with van der Waals surface area (Å²) < 4.78 is 5.04. The molecule has 0 bridgehead atoms. The molecule has 0 spiro atoms. The molecule has 0 N–H and O–H groups in total. The van der Waals surface area contributed by atoms with Crippen molar-refractivity contribution in [2.24, 2.45) is 5.92 Å². The maximum Gasteiger partial charge on any atom is 0.309 e. The molecular formula is C15H14ClNO2. The van der Waals surface area contributed by atoms with E-state index in [-0.39, 0.29) is 17.8 Å². The fourth-order valence-electron chi connectivity index (χ4n) is 2.36. The number of fused-ring (bicyclic) bond motifs is 1. The van der Waals surface area contributed by atoms with Crippen LogP contribution in [0.3, 0.4) is 0 Å². The lowest BCUT2D eigenvalue weighted by atomic mass is 10.1. The number of rotatable bonds is 3. The van der Waals surface area contributed by atoms with E-state index in [1.807, 2.05) is 37.3 Å². The van der Waals surface area contributed by atoms with Crippen LogP contribution in [-0.4, -0.2) is 17.6 Å². The fraction of sp³-hybridized carbons (Fsp3) is 0.333. The highest BCUT2D eigenvalue weighted by Gasteiger charge is 2.46. The van der Waals surface area contributed by atoms with Crippen LogP contribution in [0.25, 0.3) is 10.9 Å². The van der Waals surface area contributed by atoms with E-state index in [1.165, 1.54) is 0 Å². The number of halogens is 1. The molecule has 0 amide bonds. The number of ether oxygens (including phenoxy) is 1. The van der Waals surface area contributed by atoms with Gasteiger partial charge in [0.25, 0.3) is 0 Å². The molecular weight excluding hydrogens is 262 g/mol. The van der Waals surface area contributed by atoms with Crippen molar-refractivity contribution in [1.82, 2.24) is 4.98 Å². The second-order valence-electron chi connectivity index (χ2n) is 4.75. The standard InChI is InChI=1S/C15H14ClNO2/c1-2-19-15(18)11-8-10(11)13-7-6-9-4-3-5-12(16)14(9)17-13/h3-7,10-11H,2,8H2,1H3. The van der Waals surface area contributed by atoms with Crippen molar-refractivity contribution in [2.45, 2.75) is 19.3 Å². The van der Waals surface area contributed by atoms with E-state index >= 15 is 0 Å². The predicted molar refractivity (Wildman–Crippen MR) is 74.2 cm³/mol. The molecule has 1 aliphatic rings. The van der Waals surface area contributed by atoms with E-state index in [0.29, 0.717) is 11.6 Å². The van der Waals surface area contributed by atoms with Crippen molar-refractivity contribution in [1.29, 1.82) is 0 Å². The Morgan fingerprint density at radius 2 is 2.26 bits per heavy atom. The first kappa shape index (κ1) is 12.4. The van der Waals surface area contributed by atoms with Crippen LogP contribution in [0.1, 0.15) is 25.0 Å². The van der Waals surface area contributed by atoms with Crippen molar-refractivity contribution in [3.05, 3.63) is 41.0 Å². The topological polar surface area (TPSA) is 39.2 Å². The van der Waals surface area contributed by atoms with Gasteiger partial charge < -0.3 is 4.74 Å². The Hall–Kier alpha value is -1.61. The number of esters is 1. The molecule has 1 heterocycles. The second kappa shape index (κ2) is 4.82. The van der Waals surface area contributed by atoms with Gasteiger partial charge in [-0.05, 0) is 25.5 Å². The molecule has 1 fully saturated rings. The molecule has 1 aliphatic carbocycles. The Balaban J connectivity index is 1.87. The summed E-state index contributed by atoms with van der Waals surface area (Å²) in [5, 5.41) is 1.66. The molecule has 1 aromatic heterocycles. The number of aromatic nitrogens is 1. The summed E-state index contributed by atoms with van der Waals surface area (Å²) in [6.07, 6.45) is 0.821. The lowest BCUT2D eigenvalue weighted by Crippen LogP contribution is -2.07. The number of hydrogen-bond acceptors (Lipinski definition) is 3. The third-order valence-corrected chi connectivity index (χ3v) is 3.76. The van der Waals surface area contributed by atoms with Crippen LogP contribution in [0.5, 0.6) is 0 Å². The van der Waals surface area contributed by atoms with Crippen LogP contribution in [0.15, 0.2) is 30.3 Å². The molecule has 0 radical (unpaired) electrons. The van der Waals surface area contributed by atoms with Crippen LogP contribution in [0, 0.1) is 5.92 Å². The zero-order valence-electron chi connectivity index (χ0n) is 10.6. The van der Waals surface area contributed by atoms with Crippen LogP contribution >= 0.6 is 11.6 Å².